The number of nitrogens with zero attached hydrogens (tertiary/aromatic N) is 3. The number of anilines is 1. The molecule has 0 unspecified atom stereocenters. The molecule has 5 nitrogen and oxygen atoms in total. The Bertz CT molecular complexity index is 1530. The molecule has 1 aliphatic heterocycles. The number of para-hydroxylation sites is 1. The van der Waals surface area contributed by atoms with Gasteiger partial charge in [0.05, 0.1) is 12.1 Å². The minimum absolute atomic E-state index is 0.144. The van der Waals surface area contributed by atoms with Crippen LogP contribution in [-0.2, 0) is 0 Å². The number of phenolic OH excluding ortho intramolecular Hbond substituents is 1. The summed E-state index contributed by atoms with van der Waals surface area (Å²) >= 11 is 0. The van der Waals surface area contributed by atoms with E-state index in [4.69, 9.17) is 9.73 Å². The second kappa shape index (κ2) is 8.62. The Morgan fingerprint density at radius 1 is 0.946 bits per heavy atom. The molecule has 1 N–H and O–H groups in total. The average Bonchev–Trinajstić information content (AvgIpc) is 3.37. The first-order valence-electron chi connectivity index (χ1n) is 13.0. The molecule has 3 aromatic carbocycles. The highest BCUT2D eigenvalue weighted by atomic mass is 16.5. The van der Waals surface area contributed by atoms with Crippen molar-refractivity contribution in [2.75, 3.05) is 4.90 Å². The van der Waals surface area contributed by atoms with E-state index in [0.717, 1.165) is 23.2 Å². The van der Waals surface area contributed by atoms with Crippen LogP contribution in [0.1, 0.15) is 48.9 Å². The van der Waals surface area contributed by atoms with Crippen LogP contribution in [0.25, 0.3) is 10.9 Å². The Balaban J connectivity index is 1.40. The zero-order valence-electron chi connectivity index (χ0n) is 22.1. The zero-order valence-corrected chi connectivity index (χ0v) is 22.1. The van der Waals surface area contributed by atoms with Crippen LogP contribution < -0.4 is 9.64 Å². The molecule has 1 aliphatic carbocycles. The molecule has 1 fully saturated rings. The number of pyridine rings is 1. The van der Waals surface area contributed by atoms with E-state index < -0.39 is 0 Å². The van der Waals surface area contributed by atoms with E-state index in [2.05, 4.69) is 68.8 Å². The van der Waals surface area contributed by atoms with E-state index in [1.807, 2.05) is 36.4 Å². The highest BCUT2D eigenvalue weighted by molar-refractivity contribution is 6.13. The number of aromatic hydroxyl groups is 1. The molecule has 1 saturated carbocycles. The van der Waals surface area contributed by atoms with Crippen LogP contribution in [0.4, 0.5) is 5.69 Å². The fraction of sp³-hybridized carbons (Fsp3) is 0.312. The van der Waals surface area contributed by atoms with Crippen molar-refractivity contribution in [3.05, 3.63) is 89.0 Å². The van der Waals surface area contributed by atoms with Crippen LogP contribution in [0.5, 0.6) is 17.4 Å². The molecule has 2 heterocycles. The number of amidine groups is 1. The molecule has 0 saturated heterocycles. The first-order chi connectivity index (χ1) is 17.7. The van der Waals surface area contributed by atoms with Crippen LogP contribution in [-0.4, -0.2) is 28.0 Å². The van der Waals surface area contributed by atoms with Gasteiger partial charge in [-0.15, -0.1) is 0 Å². The van der Waals surface area contributed by atoms with Gasteiger partial charge in [-0.3, -0.25) is 4.99 Å². The number of phenols is 1. The summed E-state index contributed by atoms with van der Waals surface area (Å²) in [5.41, 5.74) is 6.83. The third kappa shape index (κ3) is 4.03. The van der Waals surface area contributed by atoms with Crippen molar-refractivity contribution in [2.45, 2.75) is 59.5 Å². The molecule has 188 valence electrons. The molecule has 5 heteroatoms. The Morgan fingerprint density at radius 3 is 2.49 bits per heavy atom. The molecule has 4 aromatic rings. The molecular weight excluding hydrogens is 458 g/mol. The van der Waals surface area contributed by atoms with Gasteiger partial charge in [0.1, 0.15) is 22.9 Å². The van der Waals surface area contributed by atoms with Gasteiger partial charge < -0.3 is 14.7 Å². The molecule has 0 radical (unpaired) electrons. The van der Waals surface area contributed by atoms with Crippen molar-refractivity contribution in [3.8, 4) is 17.4 Å². The SMILES string of the molecule is Cc1cc(C)c(N2C(c3cccc(Oc4ccc5cccc(O)c5n4)c3)=N[C@@H]3[C@H]2CCC3(C)C)c(C)c1. The average molecular weight is 492 g/mol. The van der Waals surface area contributed by atoms with E-state index >= 15 is 0 Å². The highest BCUT2D eigenvalue weighted by Gasteiger charge is 2.50. The topological polar surface area (TPSA) is 58.0 Å². The van der Waals surface area contributed by atoms with E-state index in [1.54, 1.807) is 6.07 Å². The summed E-state index contributed by atoms with van der Waals surface area (Å²) in [7, 11) is 0. The maximum Gasteiger partial charge on any atom is 0.219 e. The van der Waals surface area contributed by atoms with Gasteiger partial charge in [-0.2, -0.15) is 0 Å². The van der Waals surface area contributed by atoms with Crippen molar-refractivity contribution in [1.29, 1.82) is 0 Å². The number of hydrogen-bond donors (Lipinski definition) is 1. The largest absolute Gasteiger partial charge is 0.506 e. The lowest BCUT2D eigenvalue weighted by Crippen LogP contribution is -2.40. The molecular formula is C32H33N3O2. The molecule has 0 bridgehead atoms. The summed E-state index contributed by atoms with van der Waals surface area (Å²) in [4.78, 5) is 12.4. The van der Waals surface area contributed by atoms with Crippen LogP contribution in [0, 0.1) is 26.2 Å². The van der Waals surface area contributed by atoms with E-state index in [9.17, 15) is 5.11 Å². The summed E-state index contributed by atoms with van der Waals surface area (Å²) in [6, 6.07) is 22.4. The van der Waals surface area contributed by atoms with Crippen LogP contribution in [0.15, 0.2) is 71.7 Å². The van der Waals surface area contributed by atoms with Gasteiger partial charge >= 0.3 is 0 Å². The third-order valence-electron chi connectivity index (χ3n) is 7.94. The lowest BCUT2D eigenvalue weighted by atomic mass is 9.87. The normalized spacial score (nSPS) is 20.2. The summed E-state index contributed by atoms with van der Waals surface area (Å²) in [6.07, 6.45) is 2.29. The number of aryl methyl sites for hydroxylation is 3. The number of hydrogen-bond acceptors (Lipinski definition) is 5. The van der Waals surface area contributed by atoms with E-state index in [0.29, 0.717) is 23.2 Å². The first kappa shape index (κ1) is 23.5. The molecule has 1 aromatic heterocycles. The molecule has 2 atom stereocenters. The van der Waals surface area contributed by atoms with Crippen molar-refractivity contribution >= 4 is 22.4 Å². The van der Waals surface area contributed by atoms with Crippen LogP contribution in [0.3, 0.4) is 0 Å². The number of rotatable bonds is 4. The molecule has 37 heavy (non-hydrogen) atoms. The Morgan fingerprint density at radius 2 is 1.70 bits per heavy atom. The number of benzene rings is 3. The standard InChI is InChI=1S/C32H33N3O2/c1-19-16-20(2)29(21(3)17-19)35-25-14-15-32(4,5)30(25)34-31(35)23-9-6-10-24(18-23)37-27-13-12-22-8-7-11-26(36)28(22)33-27/h6-13,16-18,25,30,36H,14-15H2,1-5H3/t25-,30-/m1/s1. The lowest BCUT2D eigenvalue weighted by molar-refractivity contribution is 0.332. The van der Waals surface area contributed by atoms with Gasteiger partial charge in [0.2, 0.25) is 5.88 Å². The number of aliphatic imine (C=N–C) groups is 1. The number of aromatic nitrogens is 1. The first-order valence-corrected chi connectivity index (χ1v) is 13.0. The number of fused-ring (bicyclic) bond motifs is 2. The predicted octanol–water partition coefficient (Wildman–Crippen LogP) is 7.48. The third-order valence-corrected chi connectivity index (χ3v) is 7.94. The van der Waals surface area contributed by atoms with Gasteiger partial charge in [-0.25, -0.2) is 4.98 Å². The molecule has 0 amide bonds. The fourth-order valence-corrected chi connectivity index (χ4v) is 6.26. The van der Waals surface area contributed by atoms with E-state index in [-0.39, 0.29) is 17.2 Å². The highest BCUT2D eigenvalue weighted by Crippen LogP contribution is 2.48. The van der Waals surface area contributed by atoms with Crippen molar-refractivity contribution in [2.24, 2.45) is 10.4 Å². The Kier molecular flexibility index (Phi) is 5.48. The van der Waals surface area contributed by atoms with Gasteiger partial charge in [-0.05, 0) is 74.4 Å². The van der Waals surface area contributed by atoms with Crippen LogP contribution in [0.2, 0.25) is 0 Å². The maximum absolute atomic E-state index is 10.2. The minimum atomic E-state index is 0.144. The van der Waals surface area contributed by atoms with Crippen molar-refractivity contribution in [3.63, 3.8) is 0 Å². The number of ether oxygens (including phenoxy) is 1. The Hall–Kier alpha value is -3.86. The van der Waals surface area contributed by atoms with Gasteiger partial charge in [0.15, 0.2) is 0 Å². The summed E-state index contributed by atoms with van der Waals surface area (Å²) in [6.45, 7) is 11.3. The Labute approximate surface area is 218 Å². The summed E-state index contributed by atoms with van der Waals surface area (Å²) < 4.78 is 6.19. The monoisotopic (exact) mass is 491 g/mol. The van der Waals surface area contributed by atoms with Gasteiger partial charge in [0.25, 0.3) is 0 Å². The molecule has 2 aliphatic rings. The van der Waals surface area contributed by atoms with Crippen molar-refractivity contribution < 1.29 is 9.84 Å². The zero-order chi connectivity index (χ0) is 25.9. The molecule has 0 spiro atoms. The maximum atomic E-state index is 10.2. The summed E-state index contributed by atoms with van der Waals surface area (Å²) in [5.74, 6) is 2.29. The summed E-state index contributed by atoms with van der Waals surface area (Å²) in [5, 5.41) is 11.1. The smallest absolute Gasteiger partial charge is 0.219 e. The van der Waals surface area contributed by atoms with Gasteiger partial charge in [-0.1, -0.05) is 55.8 Å². The second-order valence-electron chi connectivity index (χ2n) is 11.2. The van der Waals surface area contributed by atoms with Crippen LogP contribution >= 0.6 is 0 Å². The second-order valence-corrected chi connectivity index (χ2v) is 11.2. The quantitative estimate of drug-likeness (QED) is 0.321. The van der Waals surface area contributed by atoms with Gasteiger partial charge in [0, 0.05) is 22.7 Å². The van der Waals surface area contributed by atoms with E-state index in [1.165, 1.54) is 28.8 Å². The lowest BCUT2D eigenvalue weighted by Gasteiger charge is -2.32. The predicted molar refractivity (Wildman–Crippen MR) is 150 cm³/mol. The fourth-order valence-electron chi connectivity index (χ4n) is 6.26. The van der Waals surface area contributed by atoms with Crippen molar-refractivity contribution in [1.82, 2.24) is 4.98 Å². The molecule has 6 rings (SSSR count). The minimum Gasteiger partial charge on any atom is -0.506 e.